The highest BCUT2D eigenvalue weighted by Gasteiger charge is 2.24. The second kappa shape index (κ2) is 2.46. The van der Waals surface area contributed by atoms with E-state index in [1.165, 1.54) is 0 Å². The maximum absolute atomic E-state index is 10.0. The Bertz CT molecular complexity index is 119. The Morgan fingerprint density at radius 3 is 2.12 bits per heavy atom. The average Bonchev–Trinajstić information content (AvgIpc) is 1.67. The number of thiol groups is 2. The average molecular weight is 150 g/mol. The van der Waals surface area contributed by atoms with Crippen LogP contribution < -0.4 is 0 Å². The van der Waals surface area contributed by atoms with Crippen LogP contribution in [0, 0.1) is 0 Å². The molecule has 0 bridgehead atoms. The number of aliphatic carboxylic acids is 1. The maximum Gasteiger partial charge on any atom is 0.333 e. The summed E-state index contributed by atoms with van der Waals surface area (Å²) in [5.74, 6) is -1.11. The minimum Gasteiger partial charge on any atom is -0.479 e. The number of carbonyl (C=O) groups is 1. The molecule has 0 heterocycles. The first kappa shape index (κ1) is 7.91. The van der Waals surface area contributed by atoms with Gasteiger partial charge in [0.25, 0.3) is 0 Å². The molecule has 0 spiro atoms. The molecular formula is C4H6O2S2. The molecule has 46 valence electrons. The van der Waals surface area contributed by atoms with Crippen molar-refractivity contribution in [3.8, 4) is 0 Å². The highest BCUT2D eigenvalue weighted by atomic mass is 32.2. The molecule has 4 heteroatoms. The Hall–Kier alpha value is -0.0900. The van der Waals surface area contributed by atoms with E-state index in [1.807, 2.05) is 0 Å². The van der Waals surface area contributed by atoms with E-state index in [4.69, 9.17) is 5.11 Å². The summed E-state index contributed by atoms with van der Waals surface area (Å²) in [6.45, 7) is 3.22. The zero-order valence-corrected chi connectivity index (χ0v) is 5.82. The predicted octanol–water partition coefficient (Wildman–Crippen LogP) is 0.813. The van der Waals surface area contributed by atoms with Crippen LogP contribution in [-0.4, -0.2) is 15.2 Å². The zero-order valence-electron chi connectivity index (χ0n) is 4.03. The molecule has 2 nitrogen and oxygen atoms in total. The number of carboxylic acids is 1. The molecule has 0 saturated carbocycles. The van der Waals surface area contributed by atoms with Crippen molar-refractivity contribution in [1.29, 1.82) is 0 Å². The molecular weight excluding hydrogens is 144 g/mol. The van der Waals surface area contributed by atoms with Crippen LogP contribution >= 0.6 is 25.3 Å². The molecule has 0 rings (SSSR count). The van der Waals surface area contributed by atoms with E-state index in [9.17, 15) is 4.79 Å². The van der Waals surface area contributed by atoms with Gasteiger partial charge in [-0.3, -0.25) is 0 Å². The first-order valence-corrected chi connectivity index (χ1v) is 2.72. The van der Waals surface area contributed by atoms with Gasteiger partial charge in [-0.2, -0.15) is 0 Å². The van der Waals surface area contributed by atoms with Crippen LogP contribution in [0.1, 0.15) is 0 Å². The normalized spacial score (nSPS) is 10.8. The highest BCUT2D eigenvalue weighted by molar-refractivity contribution is 8.02. The molecule has 0 aliphatic heterocycles. The van der Waals surface area contributed by atoms with Gasteiger partial charge in [0.2, 0.25) is 0 Å². The maximum atomic E-state index is 10.0. The largest absolute Gasteiger partial charge is 0.479 e. The van der Waals surface area contributed by atoms with Crippen LogP contribution in [0.3, 0.4) is 0 Å². The van der Waals surface area contributed by atoms with Crippen LogP contribution in [0.4, 0.5) is 0 Å². The molecule has 0 fully saturated rings. The Labute approximate surface area is 58.4 Å². The quantitative estimate of drug-likeness (QED) is 0.309. The lowest BCUT2D eigenvalue weighted by Gasteiger charge is -2.08. The smallest absolute Gasteiger partial charge is 0.333 e. The SMILES string of the molecule is C=CC(S)(S)C(=O)O. The second-order valence-electron chi connectivity index (χ2n) is 1.24. The molecule has 0 radical (unpaired) electrons. The van der Waals surface area contributed by atoms with Crippen molar-refractivity contribution < 1.29 is 9.90 Å². The fourth-order valence-electron chi connectivity index (χ4n) is 0.0873. The fourth-order valence-corrected chi connectivity index (χ4v) is 0.0873. The molecule has 8 heavy (non-hydrogen) atoms. The van der Waals surface area contributed by atoms with Crippen molar-refractivity contribution in [2.45, 2.75) is 4.08 Å². The summed E-state index contributed by atoms with van der Waals surface area (Å²) in [5, 5.41) is 8.22. The van der Waals surface area contributed by atoms with Gasteiger partial charge in [0.05, 0.1) is 0 Å². The summed E-state index contributed by atoms with van der Waals surface area (Å²) >= 11 is 7.26. The third-order valence-electron chi connectivity index (χ3n) is 0.599. The van der Waals surface area contributed by atoms with Crippen molar-refractivity contribution in [3.05, 3.63) is 12.7 Å². The first-order chi connectivity index (χ1) is 3.50. The summed E-state index contributed by atoms with van der Waals surface area (Å²) in [4.78, 5) is 10.0. The van der Waals surface area contributed by atoms with Gasteiger partial charge < -0.3 is 5.11 Å². The van der Waals surface area contributed by atoms with E-state index in [-0.39, 0.29) is 0 Å². The minimum atomic E-state index is -1.39. The van der Waals surface area contributed by atoms with Gasteiger partial charge in [0.15, 0.2) is 4.08 Å². The van der Waals surface area contributed by atoms with Crippen LogP contribution in [0.15, 0.2) is 12.7 Å². The van der Waals surface area contributed by atoms with Crippen molar-refractivity contribution >= 4 is 31.2 Å². The van der Waals surface area contributed by atoms with Gasteiger partial charge in [0.1, 0.15) is 0 Å². The zero-order chi connectivity index (χ0) is 6.78. The molecule has 0 amide bonds. The molecule has 0 aromatic heterocycles. The summed E-state index contributed by atoms with van der Waals surface area (Å²) in [5.41, 5.74) is 0. The van der Waals surface area contributed by atoms with Gasteiger partial charge in [0, 0.05) is 0 Å². The van der Waals surface area contributed by atoms with Crippen LogP contribution in [0.5, 0.6) is 0 Å². The molecule has 0 aromatic carbocycles. The monoisotopic (exact) mass is 150 g/mol. The number of carboxylic acid groups (broad SMARTS) is 1. The van der Waals surface area contributed by atoms with E-state index in [2.05, 4.69) is 31.8 Å². The molecule has 0 aliphatic rings. The Morgan fingerprint density at radius 1 is 1.75 bits per heavy atom. The van der Waals surface area contributed by atoms with Crippen molar-refractivity contribution in [2.75, 3.05) is 0 Å². The lowest BCUT2D eigenvalue weighted by molar-refractivity contribution is -0.136. The van der Waals surface area contributed by atoms with E-state index in [1.54, 1.807) is 0 Å². The minimum absolute atomic E-state index is 1.11. The topological polar surface area (TPSA) is 37.3 Å². The van der Waals surface area contributed by atoms with Crippen LogP contribution in [-0.2, 0) is 4.79 Å². The van der Waals surface area contributed by atoms with Crippen molar-refractivity contribution in [1.82, 2.24) is 0 Å². The molecule has 0 atom stereocenters. The Morgan fingerprint density at radius 2 is 2.12 bits per heavy atom. The summed E-state index contributed by atoms with van der Waals surface area (Å²) < 4.78 is -1.39. The number of hydrogen-bond donors (Lipinski definition) is 3. The van der Waals surface area contributed by atoms with Crippen LogP contribution in [0.25, 0.3) is 0 Å². The third kappa shape index (κ3) is 1.79. The van der Waals surface area contributed by atoms with Gasteiger partial charge in [-0.25, -0.2) is 4.79 Å². The van der Waals surface area contributed by atoms with Gasteiger partial charge in [-0.1, -0.05) is 6.08 Å². The van der Waals surface area contributed by atoms with E-state index in [0.717, 1.165) is 6.08 Å². The lowest BCUT2D eigenvalue weighted by atomic mass is 10.4. The summed E-state index contributed by atoms with van der Waals surface area (Å²) in [6.07, 6.45) is 1.14. The van der Waals surface area contributed by atoms with E-state index >= 15 is 0 Å². The molecule has 0 saturated heterocycles. The highest BCUT2D eigenvalue weighted by Crippen LogP contribution is 2.19. The van der Waals surface area contributed by atoms with Crippen molar-refractivity contribution in [2.24, 2.45) is 0 Å². The van der Waals surface area contributed by atoms with Gasteiger partial charge in [-0.05, 0) is 0 Å². The Kier molecular flexibility index (Phi) is 2.43. The fraction of sp³-hybridized carbons (Fsp3) is 0.250. The number of hydrogen-bond acceptors (Lipinski definition) is 3. The standard InChI is InChI=1S/C4H6O2S2/c1-2-4(7,8)3(5)6/h2,7-8H,1H2,(H,5,6). The summed E-state index contributed by atoms with van der Waals surface area (Å²) in [7, 11) is 0. The first-order valence-electron chi connectivity index (χ1n) is 1.82. The van der Waals surface area contributed by atoms with Crippen LogP contribution in [0.2, 0.25) is 0 Å². The Balaban J connectivity index is 4.12. The van der Waals surface area contributed by atoms with E-state index < -0.39 is 10.0 Å². The molecule has 0 unspecified atom stereocenters. The molecule has 0 aliphatic carbocycles. The predicted molar refractivity (Wildman–Crippen MR) is 38.5 cm³/mol. The van der Waals surface area contributed by atoms with Gasteiger partial charge >= 0.3 is 5.97 Å². The molecule has 1 N–H and O–H groups in total. The number of rotatable bonds is 2. The lowest BCUT2D eigenvalue weighted by Crippen LogP contribution is -2.21. The van der Waals surface area contributed by atoms with E-state index in [0.29, 0.717) is 0 Å². The van der Waals surface area contributed by atoms with Gasteiger partial charge in [-0.15, -0.1) is 31.8 Å². The second-order valence-corrected chi connectivity index (χ2v) is 3.00. The summed E-state index contributed by atoms with van der Waals surface area (Å²) in [6, 6.07) is 0. The van der Waals surface area contributed by atoms with Crippen molar-refractivity contribution in [3.63, 3.8) is 0 Å². The third-order valence-corrected chi connectivity index (χ3v) is 1.35. The molecule has 0 aromatic rings.